The first-order valence-electron chi connectivity index (χ1n) is 3.00. The second-order valence-electron chi connectivity index (χ2n) is 1.98. The van der Waals surface area contributed by atoms with Gasteiger partial charge in [0.1, 0.15) is 5.75 Å². The van der Waals surface area contributed by atoms with E-state index in [0.29, 0.717) is 11.4 Å². The first-order chi connectivity index (χ1) is 5.27. The number of ether oxygens (including phenoxy) is 1. The Labute approximate surface area is 74.2 Å². The van der Waals surface area contributed by atoms with Crippen LogP contribution in [0.25, 0.3) is 0 Å². The molecule has 0 aliphatic carbocycles. The molecule has 0 radical (unpaired) electrons. The van der Waals surface area contributed by atoms with Gasteiger partial charge in [-0.2, -0.15) is 0 Å². The van der Waals surface area contributed by atoms with Crippen LogP contribution in [-0.4, -0.2) is 7.11 Å². The molecule has 1 aromatic carbocycles. The molecular weight excluding hydrogens is 182 g/mol. The van der Waals surface area contributed by atoms with Gasteiger partial charge >= 0.3 is 0 Å². The summed E-state index contributed by atoms with van der Waals surface area (Å²) in [4.78, 5) is 0.921. The molecule has 11 heavy (non-hydrogen) atoms. The van der Waals surface area contributed by atoms with Crippen molar-refractivity contribution >= 4 is 27.3 Å². The monoisotopic (exact) mass is 189 g/mol. The van der Waals surface area contributed by atoms with E-state index in [0.717, 1.165) is 15.9 Å². The maximum absolute atomic E-state index is 5.61. The predicted octanol–water partition coefficient (Wildman–Crippen LogP) is 2.52. The molecular formula is C7H8ClNOS. The molecule has 4 heteroatoms. The third kappa shape index (κ3) is 1.94. The molecule has 60 valence electrons. The summed E-state index contributed by atoms with van der Waals surface area (Å²) in [5.41, 5.74) is 6.22. The first-order valence-corrected chi connectivity index (χ1v) is 4.64. The van der Waals surface area contributed by atoms with Crippen molar-refractivity contribution < 1.29 is 4.74 Å². The molecule has 1 aromatic rings. The van der Waals surface area contributed by atoms with E-state index in [2.05, 4.69) is 0 Å². The molecule has 0 heterocycles. The first kappa shape index (κ1) is 8.56. The lowest BCUT2D eigenvalue weighted by molar-refractivity contribution is 0.416. The van der Waals surface area contributed by atoms with Crippen molar-refractivity contribution in [2.75, 3.05) is 12.8 Å². The minimum Gasteiger partial charge on any atom is -0.495 e. The molecule has 0 fully saturated rings. The molecule has 2 nitrogen and oxygen atoms in total. The zero-order valence-corrected chi connectivity index (χ0v) is 7.58. The van der Waals surface area contributed by atoms with Gasteiger partial charge in [-0.05, 0) is 39.9 Å². The topological polar surface area (TPSA) is 35.2 Å². The average Bonchev–Trinajstić information content (AvgIpc) is 2.04. The second kappa shape index (κ2) is 3.74. The average molecular weight is 190 g/mol. The van der Waals surface area contributed by atoms with Crippen molar-refractivity contribution in [1.82, 2.24) is 0 Å². The fourth-order valence-electron chi connectivity index (χ4n) is 0.760. The number of methoxy groups -OCH3 is 1. The highest BCUT2D eigenvalue weighted by atomic mass is 35.7. The molecule has 0 aliphatic heterocycles. The Hall–Kier alpha value is -0.540. The molecule has 1 rings (SSSR count). The lowest BCUT2D eigenvalue weighted by Gasteiger charge is -2.03. The van der Waals surface area contributed by atoms with Crippen LogP contribution in [0.3, 0.4) is 0 Å². The van der Waals surface area contributed by atoms with Crippen molar-refractivity contribution in [3.8, 4) is 5.75 Å². The van der Waals surface area contributed by atoms with Crippen LogP contribution in [-0.2, 0) is 0 Å². The third-order valence-electron chi connectivity index (χ3n) is 1.29. The van der Waals surface area contributed by atoms with Crippen LogP contribution in [0.1, 0.15) is 0 Å². The maximum atomic E-state index is 5.61. The van der Waals surface area contributed by atoms with Crippen LogP contribution >= 0.6 is 21.7 Å². The van der Waals surface area contributed by atoms with Gasteiger partial charge in [0.25, 0.3) is 0 Å². The quantitative estimate of drug-likeness (QED) is 0.727. The van der Waals surface area contributed by atoms with Gasteiger partial charge in [0.2, 0.25) is 0 Å². The van der Waals surface area contributed by atoms with Gasteiger partial charge in [0, 0.05) is 4.90 Å². The highest BCUT2D eigenvalue weighted by Gasteiger charge is 1.99. The highest BCUT2D eigenvalue weighted by molar-refractivity contribution is 8.21. The molecule has 0 aliphatic rings. The summed E-state index contributed by atoms with van der Waals surface area (Å²) in [5.74, 6) is 0.680. The van der Waals surface area contributed by atoms with E-state index in [-0.39, 0.29) is 0 Å². The largest absolute Gasteiger partial charge is 0.495 e. The van der Waals surface area contributed by atoms with Crippen molar-refractivity contribution in [2.24, 2.45) is 0 Å². The SMILES string of the molecule is COc1ccc(SCl)cc1N. The van der Waals surface area contributed by atoms with E-state index in [1.54, 1.807) is 19.2 Å². The molecule has 0 saturated carbocycles. The van der Waals surface area contributed by atoms with Gasteiger partial charge in [-0.3, -0.25) is 0 Å². The van der Waals surface area contributed by atoms with Gasteiger partial charge in [-0.1, -0.05) is 0 Å². The van der Waals surface area contributed by atoms with E-state index < -0.39 is 0 Å². The summed E-state index contributed by atoms with van der Waals surface area (Å²) < 4.78 is 4.97. The third-order valence-corrected chi connectivity index (χ3v) is 2.26. The number of hydrogen-bond acceptors (Lipinski definition) is 3. The number of nitrogen functional groups attached to an aromatic ring is 1. The van der Waals surface area contributed by atoms with Crippen molar-refractivity contribution in [1.29, 1.82) is 0 Å². The van der Waals surface area contributed by atoms with E-state index in [9.17, 15) is 0 Å². The molecule has 0 unspecified atom stereocenters. The van der Waals surface area contributed by atoms with Gasteiger partial charge in [-0.25, -0.2) is 0 Å². The number of hydrogen-bond donors (Lipinski definition) is 1. The molecule has 0 bridgehead atoms. The van der Waals surface area contributed by atoms with Crippen LogP contribution in [0.5, 0.6) is 5.75 Å². The lowest BCUT2D eigenvalue weighted by Crippen LogP contribution is -1.91. The Morgan fingerprint density at radius 3 is 2.73 bits per heavy atom. The predicted molar refractivity (Wildman–Crippen MR) is 49.1 cm³/mol. The number of benzene rings is 1. The van der Waals surface area contributed by atoms with E-state index in [4.69, 9.17) is 21.2 Å². The molecule has 0 spiro atoms. The van der Waals surface area contributed by atoms with Crippen LogP contribution in [0.2, 0.25) is 0 Å². The Morgan fingerprint density at radius 1 is 1.55 bits per heavy atom. The standard InChI is InChI=1S/C7H8ClNOS/c1-10-7-3-2-5(11-8)4-6(7)9/h2-4H,9H2,1H3. The van der Waals surface area contributed by atoms with Crippen molar-refractivity contribution in [2.45, 2.75) is 4.90 Å². The highest BCUT2D eigenvalue weighted by Crippen LogP contribution is 2.29. The minimum atomic E-state index is 0.609. The summed E-state index contributed by atoms with van der Waals surface area (Å²) in [5, 5.41) is 0. The van der Waals surface area contributed by atoms with E-state index >= 15 is 0 Å². The zero-order valence-electron chi connectivity index (χ0n) is 6.00. The summed E-state index contributed by atoms with van der Waals surface area (Å²) in [6.45, 7) is 0. The van der Waals surface area contributed by atoms with Gasteiger partial charge < -0.3 is 10.5 Å². The molecule has 0 saturated heterocycles. The van der Waals surface area contributed by atoms with Gasteiger partial charge in [-0.15, -0.1) is 0 Å². The Bertz CT molecular complexity index is 254. The number of rotatable bonds is 2. The summed E-state index contributed by atoms with van der Waals surface area (Å²) in [6, 6.07) is 5.42. The van der Waals surface area contributed by atoms with Crippen molar-refractivity contribution in [3.05, 3.63) is 18.2 Å². The minimum absolute atomic E-state index is 0.609. The van der Waals surface area contributed by atoms with Crippen LogP contribution in [0.4, 0.5) is 5.69 Å². The van der Waals surface area contributed by atoms with E-state index in [1.807, 2.05) is 6.07 Å². The van der Waals surface area contributed by atoms with Crippen LogP contribution in [0.15, 0.2) is 23.1 Å². The van der Waals surface area contributed by atoms with E-state index in [1.165, 1.54) is 0 Å². The number of anilines is 1. The smallest absolute Gasteiger partial charge is 0.141 e. The Kier molecular flexibility index (Phi) is 2.91. The normalized spacial score (nSPS) is 9.64. The zero-order chi connectivity index (χ0) is 8.27. The molecule has 0 amide bonds. The summed E-state index contributed by atoms with van der Waals surface area (Å²) >= 11 is 0. The molecule has 0 aromatic heterocycles. The number of nitrogens with two attached hydrogens (primary N) is 1. The Balaban J connectivity index is 2.99. The van der Waals surface area contributed by atoms with Crippen molar-refractivity contribution in [3.63, 3.8) is 0 Å². The fourth-order valence-corrected chi connectivity index (χ4v) is 1.34. The van der Waals surface area contributed by atoms with Gasteiger partial charge in [0.05, 0.1) is 12.8 Å². The molecule has 0 atom stereocenters. The lowest BCUT2D eigenvalue weighted by atomic mass is 10.3. The van der Waals surface area contributed by atoms with Crippen LogP contribution in [0, 0.1) is 0 Å². The maximum Gasteiger partial charge on any atom is 0.141 e. The van der Waals surface area contributed by atoms with Gasteiger partial charge in [0.15, 0.2) is 0 Å². The summed E-state index contributed by atoms with van der Waals surface area (Å²) in [7, 11) is 8.24. The summed E-state index contributed by atoms with van der Waals surface area (Å²) in [6.07, 6.45) is 0. The van der Waals surface area contributed by atoms with Crippen LogP contribution < -0.4 is 10.5 Å². The molecule has 2 N–H and O–H groups in total. The second-order valence-corrected chi connectivity index (χ2v) is 3.07. The Morgan fingerprint density at radius 2 is 2.27 bits per heavy atom. The number of halogens is 1. The fraction of sp³-hybridized carbons (Fsp3) is 0.143.